The summed E-state index contributed by atoms with van der Waals surface area (Å²) >= 11 is 0. The predicted octanol–water partition coefficient (Wildman–Crippen LogP) is 1.14. The quantitative estimate of drug-likeness (QED) is 0.357. The van der Waals surface area contributed by atoms with Gasteiger partial charge in [0.25, 0.3) is 0 Å². The molecule has 0 aromatic heterocycles. The molecule has 0 bridgehead atoms. The Kier molecular flexibility index (Phi) is 3.08. The number of para-hydroxylation sites is 1. The first kappa shape index (κ1) is 9.03. The van der Waals surface area contributed by atoms with E-state index in [1.807, 2.05) is 6.07 Å². The summed E-state index contributed by atoms with van der Waals surface area (Å²) in [5.74, 6) is 5.16. The molecule has 66 valence electrons. The Morgan fingerprint density at radius 1 is 1.25 bits per heavy atom. The van der Waals surface area contributed by atoms with E-state index in [0.29, 0.717) is 6.67 Å². The smallest absolute Gasteiger partial charge is 0.0781 e. The largest absolute Gasteiger partial charge is 0.371 e. The molecule has 0 aliphatic heterocycles. The molecule has 0 heterocycles. The van der Waals surface area contributed by atoms with Gasteiger partial charge in [0, 0.05) is 5.69 Å². The highest BCUT2D eigenvalue weighted by atomic mass is 15.3. The molecule has 3 nitrogen and oxygen atoms in total. The summed E-state index contributed by atoms with van der Waals surface area (Å²) in [5, 5.41) is 3.19. The van der Waals surface area contributed by atoms with E-state index in [-0.39, 0.29) is 0 Å². The van der Waals surface area contributed by atoms with Crippen molar-refractivity contribution >= 4 is 5.69 Å². The monoisotopic (exact) mass is 165 g/mol. The first-order chi connectivity index (χ1) is 5.75. The Morgan fingerprint density at radius 2 is 1.83 bits per heavy atom. The molecular formula is C9H15N3. The van der Waals surface area contributed by atoms with Crippen molar-refractivity contribution in [2.45, 2.75) is 13.8 Å². The fourth-order valence-corrected chi connectivity index (χ4v) is 1.23. The van der Waals surface area contributed by atoms with Gasteiger partial charge in [0.05, 0.1) is 6.67 Å². The molecule has 0 spiro atoms. The Labute approximate surface area is 72.9 Å². The van der Waals surface area contributed by atoms with Crippen LogP contribution in [0.1, 0.15) is 11.1 Å². The molecule has 0 saturated carbocycles. The van der Waals surface area contributed by atoms with E-state index in [4.69, 9.17) is 5.84 Å². The molecule has 0 atom stereocenters. The van der Waals surface area contributed by atoms with Crippen molar-refractivity contribution < 1.29 is 0 Å². The number of hydrogen-bond acceptors (Lipinski definition) is 3. The van der Waals surface area contributed by atoms with Crippen molar-refractivity contribution in [3.05, 3.63) is 29.3 Å². The Bertz CT molecular complexity index is 238. The van der Waals surface area contributed by atoms with Crippen LogP contribution in [0, 0.1) is 13.8 Å². The lowest BCUT2D eigenvalue weighted by atomic mass is 10.1. The van der Waals surface area contributed by atoms with Crippen LogP contribution in [0.5, 0.6) is 0 Å². The van der Waals surface area contributed by atoms with E-state index >= 15 is 0 Å². The Hall–Kier alpha value is -1.06. The maximum atomic E-state index is 5.16. The van der Waals surface area contributed by atoms with Crippen LogP contribution in [-0.2, 0) is 0 Å². The molecule has 0 radical (unpaired) electrons. The van der Waals surface area contributed by atoms with Crippen LogP contribution in [0.3, 0.4) is 0 Å². The van der Waals surface area contributed by atoms with Gasteiger partial charge in [-0.05, 0) is 25.0 Å². The van der Waals surface area contributed by atoms with Crippen molar-refractivity contribution in [2.24, 2.45) is 5.84 Å². The minimum atomic E-state index is 0.589. The third-order valence-electron chi connectivity index (χ3n) is 1.85. The second-order valence-electron chi connectivity index (χ2n) is 2.82. The number of nitrogens with two attached hydrogens (primary N) is 1. The zero-order valence-electron chi connectivity index (χ0n) is 7.52. The lowest BCUT2D eigenvalue weighted by Gasteiger charge is -2.11. The van der Waals surface area contributed by atoms with Crippen LogP contribution in [0.15, 0.2) is 18.2 Å². The lowest BCUT2D eigenvalue weighted by Crippen LogP contribution is -2.28. The van der Waals surface area contributed by atoms with Crippen LogP contribution >= 0.6 is 0 Å². The summed E-state index contributed by atoms with van der Waals surface area (Å²) in [6.07, 6.45) is 0. The minimum Gasteiger partial charge on any atom is -0.371 e. The van der Waals surface area contributed by atoms with Gasteiger partial charge in [0.2, 0.25) is 0 Å². The molecule has 1 rings (SSSR count). The standard InChI is InChI=1S/C9H15N3/c1-7-4-3-5-8(2)9(7)11-6-12-10/h3-5,11-12H,6,10H2,1-2H3. The molecule has 1 aromatic carbocycles. The summed E-state index contributed by atoms with van der Waals surface area (Å²) < 4.78 is 0. The fourth-order valence-electron chi connectivity index (χ4n) is 1.23. The van der Waals surface area contributed by atoms with Gasteiger partial charge < -0.3 is 5.32 Å². The second-order valence-corrected chi connectivity index (χ2v) is 2.82. The van der Waals surface area contributed by atoms with Crippen LogP contribution < -0.4 is 16.6 Å². The van der Waals surface area contributed by atoms with E-state index < -0.39 is 0 Å². The van der Waals surface area contributed by atoms with E-state index in [1.54, 1.807) is 0 Å². The summed E-state index contributed by atoms with van der Waals surface area (Å²) in [7, 11) is 0. The van der Waals surface area contributed by atoms with Crippen LogP contribution in [0.2, 0.25) is 0 Å². The van der Waals surface area contributed by atoms with E-state index in [2.05, 4.69) is 36.7 Å². The SMILES string of the molecule is Cc1cccc(C)c1NCNN. The highest BCUT2D eigenvalue weighted by Gasteiger charge is 1.98. The first-order valence-corrected chi connectivity index (χ1v) is 3.99. The zero-order chi connectivity index (χ0) is 8.97. The van der Waals surface area contributed by atoms with Crippen LogP contribution in [0.25, 0.3) is 0 Å². The molecular weight excluding hydrogens is 150 g/mol. The Morgan fingerprint density at radius 3 is 2.33 bits per heavy atom. The van der Waals surface area contributed by atoms with Crippen LogP contribution in [0.4, 0.5) is 5.69 Å². The van der Waals surface area contributed by atoms with E-state index in [0.717, 1.165) is 5.69 Å². The molecule has 0 amide bonds. The maximum Gasteiger partial charge on any atom is 0.0781 e. The van der Waals surface area contributed by atoms with Gasteiger partial charge in [0.1, 0.15) is 0 Å². The fraction of sp³-hybridized carbons (Fsp3) is 0.333. The van der Waals surface area contributed by atoms with E-state index in [1.165, 1.54) is 11.1 Å². The highest BCUT2D eigenvalue weighted by Crippen LogP contribution is 2.18. The summed E-state index contributed by atoms with van der Waals surface area (Å²) in [5.41, 5.74) is 6.20. The van der Waals surface area contributed by atoms with Gasteiger partial charge in [-0.25, -0.2) is 5.43 Å². The molecule has 4 N–H and O–H groups in total. The number of nitrogens with one attached hydrogen (secondary N) is 2. The molecule has 0 saturated heterocycles. The van der Waals surface area contributed by atoms with Crippen molar-refractivity contribution in [3.8, 4) is 0 Å². The second kappa shape index (κ2) is 4.09. The van der Waals surface area contributed by atoms with Gasteiger partial charge in [-0.3, -0.25) is 5.84 Å². The third-order valence-corrected chi connectivity index (χ3v) is 1.85. The van der Waals surface area contributed by atoms with Crippen LogP contribution in [-0.4, -0.2) is 6.67 Å². The van der Waals surface area contributed by atoms with Crippen molar-refractivity contribution in [2.75, 3.05) is 12.0 Å². The van der Waals surface area contributed by atoms with Gasteiger partial charge >= 0.3 is 0 Å². The topological polar surface area (TPSA) is 50.1 Å². The number of anilines is 1. The number of rotatable bonds is 3. The summed E-state index contributed by atoms with van der Waals surface area (Å²) in [4.78, 5) is 0. The number of benzene rings is 1. The predicted molar refractivity (Wildman–Crippen MR) is 51.7 cm³/mol. The summed E-state index contributed by atoms with van der Waals surface area (Å²) in [6, 6.07) is 6.20. The molecule has 12 heavy (non-hydrogen) atoms. The first-order valence-electron chi connectivity index (χ1n) is 3.99. The van der Waals surface area contributed by atoms with Crippen molar-refractivity contribution in [3.63, 3.8) is 0 Å². The lowest BCUT2D eigenvalue weighted by molar-refractivity contribution is 0.789. The molecule has 0 unspecified atom stereocenters. The third kappa shape index (κ3) is 1.96. The van der Waals surface area contributed by atoms with Gasteiger partial charge in [-0.15, -0.1) is 0 Å². The molecule has 0 aliphatic rings. The maximum absolute atomic E-state index is 5.16. The van der Waals surface area contributed by atoms with Gasteiger partial charge in [0.15, 0.2) is 0 Å². The van der Waals surface area contributed by atoms with Gasteiger partial charge in [-0.2, -0.15) is 0 Å². The minimum absolute atomic E-state index is 0.589. The Balaban J connectivity index is 2.81. The molecule has 3 heteroatoms. The average Bonchev–Trinajstić information content (AvgIpc) is 2.04. The van der Waals surface area contributed by atoms with Gasteiger partial charge in [-0.1, -0.05) is 18.2 Å². The molecule has 0 fully saturated rings. The highest BCUT2D eigenvalue weighted by molar-refractivity contribution is 5.56. The number of aryl methyl sites for hydroxylation is 2. The van der Waals surface area contributed by atoms with E-state index in [9.17, 15) is 0 Å². The number of hydrazine groups is 1. The average molecular weight is 165 g/mol. The zero-order valence-corrected chi connectivity index (χ0v) is 7.52. The molecule has 1 aromatic rings. The van der Waals surface area contributed by atoms with Crippen molar-refractivity contribution in [1.29, 1.82) is 0 Å². The number of hydrogen-bond donors (Lipinski definition) is 3. The summed E-state index contributed by atoms with van der Waals surface area (Å²) in [6.45, 7) is 4.74. The normalized spacial score (nSPS) is 9.92. The van der Waals surface area contributed by atoms with Crippen molar-refractivity contribution in [1.82, 2.24) is 5.43 Å². The molecule has 0 aliphatic carbocycles.